The molecule has 4 unspecified atom stereocenters. The van der Waals surface area contributed by atoms with Crippen LogP contribution in [0.3, 0.4) is 0 Å². The van der Waals surface area contributed by atoms with Gasteiger partial charge in [0.05, 0.1) is 26.4 Å². The van der Waals surface area contributed by atoms with E-state index in [2.05, 4.69) is 24.3 Å². The van der Waals surface area contributed by atoms with Gasteiger partial charge in [-0.25, -0.2) is 0 Å². The monoisotopic (exact) mass is 706 g/mol. The Morgan fingerprint density at radius 1 is 0.417 bits per heavy atom. The highest BCUT2D eigenvalue weighted by Gasteiger charge is 2.44. The first-order valence-electron chi connectivity index (χ1n) is 19.4. The van der Waals surface area contributed by atoms with E-state index in [0.717, 1.165) is 104 Å². The second-order valence-corrected chi connectivity index (χ2v) is 20.1. The second kappa shape index (κ2) is 19.0. The summed E-state index contributed by atoms with van der Waals surface area (Å²) < 4.78 is 50.3. The molecule has 0 radical (unpaired) electrons. The van der Waals surface area contributed by atoms with Gasteiger partial charge in [0.2, 0.25) is 0 Å². The highest BCUT2D eigenvalue weighted by Crippen LogP contribution is 2.60. The molecule has 270 valence electrons. The van der Waals surface area contributed by atoms with E-state index in [4.69, 9.17) is 37.9 Å². The third-order valence-corrected chi connectivity index (χ3v) is 18.0. The van der Waals surface area contributed by atoms with Crippen LogP contribution in [0.4, 0.5) is 0 Å². The summed E-state index contributed by atoms with van der Waals surface area (Å²) in [6.45, 7) is 6.37. The van der Waals surface area contributed by atoms with Gasteiger partial charge in [0, 0.05) is 49.1 Å². The molecule has 0 aliphatic carbocycles. The lowest BCUT2D eigenvalue weighted by molar-refractivity contribution is -0.162. The third-order valence-electron chi connectivity index (χ3n) is 11.1. The van der Waals surface area contributed by atoms with Crippen molar-refractivity contribution < 1.29 is 37.9 Å². The van der Waals surface area contributed by atoms with Crippen LogP contribution in [0.15, 0.2) is 24.3 Å². The molecular formula is C38H60O8P2. The number of hydrogen-bond acceptors (Lipinski definition) is 8. The van der Waals surface area contributed by atoms with E-state index in [9.17, 15) is 0 Å². The van der Waals surface area contributed by atoms with Crippen LogP contribution in [0.25, 0.3) is 0 Å². The standard InChI is InChI=1S/C38H60O8P2/c1-2-12-34(48-31(27-45-37-15-5-9-23-41-37)19-20-32(48)28-46-38-16-6-10-24-42-38)33(11-1)47-29(25-43-35-13-3-7-21-39-35)17-18-30(47)26-44-36-14-4-8-22-40-36/h1-2,11-12,29-32,35-38H,3-10,13-28H2/t29-,30-,31-,32-,35?,36?,37?,38?,47?,48?/m1/s1. The van der Waals surface area contributed by atoms with Gasteiger partial charge in [0.25, 0.3) is 0 Å². The Hall–Kier alpha value is -0.240. The van der Waals surface area contributed by atoms with Crippen LogP contribution < -0.4 is 10.6 Å². The summed E-state index contributed by atoms with van der Waals surface area (Å²) in [6.07, 6.45) is 17.9. The van der Waals surface area contributed by atoms with E-state index < -0.39 is 15.8 Å². The van der Waals surface area contributed by atoms with Gasteiger partial charge in [-0.2, -0.15) is 0 Å². The van der Waals surface area contributed by atoms with Crippen molar-refractivity contribution in [2.45, 2.75) is 151 Å². The molecule has 6 aliphatic rings. The van der Waals surface area contributed by atoms with E-state index in [-0.39, 0.29) is 25.2 Å². The molecule has 8 nitrogen and oxygen atoms in total. The van der Waals surface area contributed by atoms with Gasteiger partial charge in [0.1, 0.15) is 0 Å². The van der Waals surface area contributed by atoms with E-state index in [0.29, 0.717) is 22.6 Å². The van der Waals surface area contributed by atoms with Gasteiger partial charge in [-0.05, 0) is 113 Å². The molecule has 10 heteroatoms. The summed E-state index contributed by atoms with van der Waals surface area (Å²) in [4.78, 5) is 0. The molecule has 1 aromatic carbocycles. The maximum absolute atomic E-state index is 6.55. The molecule has 6 fully saturated rings. The van der Waals surface area contributed by atoms with E-state index in [1.54, 1.807) is 10.6 Å². The zero-order valence-electron chi connectivity index (χ0n) is 29.1. The van der Waals surface area contributed by atoms with Gasteiger partial charge in [-0.1, -0.05) is 40.1 Å². The Morgan fingerprint density at radius 2 is 0.708 bits per heavy atom. The summed E-state index contributed by atoms with van der Waals surface area (Å²) in [5, 5.41) is 3.15. The first-order chi connectivity index (χ1) is 23.8. The fraction of sp³-hybridized carbons (Fsp3) is 0.842. The van der Waals surface area contributed by atoms with Crippen LogP contribution in [0.1, 0.15) is 103 Å². The van der Waals surface area contributed by atoms with Crippen molar-refractivity contribution in [3.8, 4) is 0 Å². The van der Waals surface area contributed by atoms with Crippen LogP contribution in [0, 0.1) is 0 Å². The highest BCUT2D eigenvalue weighted by molar-refractivity contribution is 7.73. The zero-order chi connectivity index (χ0) is 32.4. The third kappa shape index (κ3) is 9.79. The number of benzene rings is 1. The van der Waals surface area contributed by atoms with Crippen molar-refractivity contribution in [1.82, 2.24) is 0 Å². The molecule has 0 saturated carbocycles. The normalized spacial score (nSPS) is 37.9. The van der Waals surface area contributed by atoms with E-state index >= 15 is 0 Å². The van der Waals surface area contributed by atoms with Gasteiger partial charge in [-0.15, -0.1) is 0 Å². The van der Waals surface area contributed by atoms with Crippen molar-refractivity contribution in [3.63, 3.8) is 0 Å². The Bertz CT molecular complexity index is 930. The Labute approximate surface area is 291 Å². The van der Waals surface area contributed by atoms with Crippen molar-refractivity contribution in [1.29, 1.82) is 0 Å². The summed E-state index contributed by atoms with van der Waals surface area (Å²) in [5.41, 5.74) is 2.00. The minimum Gasteiger partial charge on any atom is -0.353 e. The molecule has 0 amide bonds. The first kappa shape index (κ1) is 36.1. The van der Waals surface area contributed by atoms with Crippen LogP contribution in [-0.2, 0) is 37.9 Å². The van der Waals surface area contributed by atoms with Gasteiger partial charge < -0.3 is 37.9 Å². The van der Waals surface area contributed by atoms with Crippen LogP contribution in [0.2, 0.25) is 0 Å². The molecular weight excluding hydrogens is 646 g/mol. The summed E-state index contributed by atoms with van der Waals surface area (Å²) in [6, 6.07) is 9.48. The summed E-state index contributed by atoms with van der Waals surface area (Å²) >= 11 is 0. The van der Waals surface area contributed by atoms with Crippen molar-refractivity contribution in [2.75, 3.05) is 52.9 Å². The lowest BCUT2D eigenvalue weighted by Gasteiger charge is -2.35. The first-order valence-corrected chi connectivity index (χ1v) is 22.4. The van der Waals surface area contributed by atoms with Crippen molar-refractivity contribution in [3.05, 3.63) is 24.3 Å². The molecule has 0 bridgehead atoms. The number of rotatable bonds is 14. The average Bonchev–Trinajstić information content (AvgIpc) is 3.76. The predicted octanol–water partition coefficient (Wildman–Crippen LogP) is 7.14. The van der Waals surface area contributed by atoms with Crippen LogP contribution in [0.5, 0.6) is 0 Å². The molecule has 7 rings (SSSR count). The van der Waals surface area contributed by atoms with Gasteiger partial charge >= 0.3 is 0 Å². The minimum absolute atomic E-state index is 0.0527. The summed E-state index contributed by atoms with van der Waals surface area (Å²) in [5.74, 6) is 0. The minimum atomic E-state index is -0.515. The Balaban J connectivity index is 1.12. The predicted molar refractivity (Wildman–Crippen MR) is 191 cm³/mol. The maximum Gasteiger partial charge on any atom is 0.157 e. The molecule has 0 spiro atoms. The lowest BCUT2D eigenvalue weighted by Crippen LogP contribution is -2.36. The zero-order valence-corrected chi connectivity index (χ0v) is 30.8. The molecule has 0 aromatic heterocycles. The van der Waals surface area contributed by atoms with Crippen LogP contribution >= 0.6 is 15.8 Å². The molecule has 6 heterocycles. The lowest BCUT2D eigenvalue weighted by atomic mass is 10.2. The molecule has 8 atom stereocenters. The SMILES string of the molecule is c1ccc(P2[C@@H](COC3CCCCO3)CC[C@@H]2COC2CCCCO2)c(P2[C@@H](COC3CCCCO3)CC[C@@H]2COC2CCCCO2)c1. The number of ether oxygens (including phenoxy) is 8. The summed E-state index contributed by atoms with van der Waals surface area (Å²) in [7, 11) is -1.03. The fourth-order valence-corrected chi connectivity index (χ4v) is 15.9. The topological polar surface area (TPSA) is 73.8 Å². The number of hydrogen-bond donors (Lipinski definition) is 0. The molecule has 6 saturated heterocycles. The van der Waals surface area contributed by atoms with E-state index in [1.165, 1.54) is 51.4 Å². The molecule has 6 aliphatic heterocycles. The largest absolute Gasteiger partial charge is 0.353 e. The Kier molecular flexibility index (Phi) is 14.3. The average molecular weight is 707 g/mol. The van der Waals surface area contributed by atoms with Crippen molar-refractivity contribution in [2.24, 2.45) is 0 Å². The molecule has 48 heavy (non-hydrogen) atoms. The Morgan fingerprint density at radius 3 is 0.958 bits per heavy atom. The smallest absolute Gasteiger partial charge is 0.157 e. The highest BCUT2D eigenvalue weighted by atomic mass is 31.1. The second-order valence-electron chi connectivity index (χ2n) is 14.6. The maximum atomic E-state index is 6.55. The van der Waals surface area contributed by atoms with Crippen LogP contribution in [-0.4, -0.2) is 101 Å². The molecule has 0 N–H and O–H groups in total. The van der Waals surface area contributed by atoms with Gasteiger partial charge in [0.15, 0.2) is 25.2 Å². The quantitative estimate of drug-likeness (QED) is 0.189. The van der Waals surface area contributed by atoms with Crippen molar-refractivity contribution >= 4 is 26.5 Å². The fourth-order valence-electron chi connectivity index (χ4n) is 8.51. The van der Waals surface area contributed by atoms with Gasteiger partial charge in [-0.3, -0.25) is 0 Å². The molecule has 1 aromatic rings. The van der Waals surface area contributed by atoms with E-state index in [1.807, 2.05) is 0 Å².